The molecule has 0 radical (unpaired) electrons. The summed E-state index contributed by atoms with van der Waals surface area (Å²) < 4.78 is 6.59. The van der Waals surface area contributed by atoms with Crippen molar-refractivity contribution in [3.8, 4) is 0 Å². The van der Waals surface area contributed by atoms with Gasteiger partial charge in [-0.15, -0.1) is 0 Å². The van der Waals surface area contributed by atoms with Crippen molar-refractivity contribution in [3.63, 3.8) is 0 Å². The van der Waals surface area contributed by atoms with Crippen LogP contribution >= 0.6 is 0 Å². The molecule has 1 aliphatic heterocycles. The van der Waals surface area contributed by atoms with E-state index in [0.29, 0.717) is 13.2 Å². The van der Waals surface area contributed by atoms with Gasteiger partial charge in [0.05, 0.1) is 6.61 Å². The molecule has 0 saturated carbocycles. The zero-order valence-electron chi connectivity index (χ0n) is 13.4. The fourth-order valence-corrected chi connectivity index (χ4v) is 2.84. The van der Waals surface area contributed by atoms with Crippen molar-refractivity contribution in [2.75, 3.05) is 40.4 Å². The Morgan fingerprint density at radius 1 is 1.36 bits per heavy atom. The first-order valence-electron chi connectivity index (χ1n) is 7.74. The van der Waals surface area contributed by atoms with Crippen LogP contribution in [0.4, 0.5) is 0 Å². The maximum absolute atomic E-state index is 12.6. The van der Waals surface area contributed by atoms with Crippen molar-refractivity contribution in [1.29, 1.82) is 0 Å². The molecule has 1 saturated heterocycles. The predicted molar refractivity (Wildman–Crippen MR) is 84.8 cm³/mol. The molecule has 0 aliphatic carbocycles. The lowest BCUT2D eigenvalue weighted by Crippen LogP contribution is -2.49. The fraction of sp³-hybridized carbons (Fsp3) is 0.625. The topological polar surface area (TPSA) is 54.8 Å². The number of rotatable bonds is 6. The average molecular weight is 307 g/mol. The number of piperidine rings is 1. The van der Waals surface area contributed by atoms with E-state index in [4.69, 9.17) is 4.74 Å². The number of pyridine rings is 1. The smallest absolute Gasteiger partial charge is 0.250 e. The third-order valence-corrected chi connectivity index (χ3v) is 4.19. The molecule has 122 valence electrons. The molecule has 1 fully saturated rings. The normalized spacial score (nSPS) is 16.6. The third-order valence-electron chi connectivity index (χ3n) is 4.19. The Kier molecular flexibility index (Phi) is 6.15. The summed E-state index contributed by atoms with van der Waals surface area (Å²) in [4.78, 5) is 28.6. The lowest BCUT2D eigenvalue weighted by Gasteiger charge is -2.37. The van der Waals surface area contributed by atoms with Crippen LogP contribution in [-0.2, 0) is 16.1 Å². The van der Waals surface area contributed by atoms with Crippen molar-refractivity contribution in [1.82, 2.24) is 14.4 Å². The van der Waals surface area contributed by atoms with Gasteiger partial charge in [-0.05, 0) is 39.0 Å². The molecule has 0 unspecified atom stereocenters. The molecular weight excluding hydrogens is 282 g/mol. The number of aromatic nitrogens is 1. The lowest BCUT2D eigenvalue weighted by atomic mass is 10.0. The first-order valence-corrected chi connectivity index (χ1v) is 7.74. The van der Waals surface area contributed by atoms with Gasteiger partial charge in [0, 0.05) is 32.0 Å². The van der Waals surface area contributed by atoms with Gasteiger partial charge in [0.25, 0.3) is 5.56 Å². The van der Waals surface area contributed by atoms with Crippen LogP contribution in [0.1, 0.15) is 12.8 Å². The molecule has 0 bridgehead atoms. The number of carbonyl (C=O) groups excluding carboxylic acids is 1. The lowest BCUT2D eigenvalue weighted by molar-refractivity contribution is -0.136. The second-order valence-corrected chi connectivity index (χ2v) is 5.78. The quantitative estimate of drug-likeness (QED) is 0.764. The van der Waals surface area contributed by atoms with Gasteiger partial charge in [-0.3, -0.25) is 9.59 Å². The third kappa shape index (κ3) is 4.42. The summed E-state index contributed by atoms with van der Waals surface area (Å²) in [5.74, 6) is -0.0140. The number of nitrogens with zero attached hydrogens (tertiary/aromatic N) is 3. The minimum atomic E-state index is -0.147. The van der Waals surface area contributed by atoms with Crippen LogP contribution in [0.2, 0.25) is 0 Å². The van der Waals surface area contributed by atoms with E-state index < -0.39 is 0 Å². The molecule has 1 aromatic rings. The zero-order valence-corrected chi connectivity index (χ0v) is 13.4. The second kappa shape index (κ2) is 8.10. The van der Waals surface area contributed by atoms with Crippen molar-refractivity contribution in [3.05, 3.63) is 34.7 Å². The Balaban J connectivity index is 2.05. The van der Waals surface area contributed by atoms with Gasteiger partial charge in [-0.1, -0.05) is 6.07 Å². The van der Waals surface area contributed by atoms with Crippen LogP contribution in [0, 0.1) is 0 Å². The Labute approximate surface area is 131 Å². The molecule has 2 heterocycles. The summed E-state index contributed by atoms with van der Waals surface area (Å²) in [5, 5.41) is 0. The summed E-state index contributed by atoms with van der Waals surface area (Å²) in [6.07, 6.45) is 3.59. The summed E-state index contributed by atoms with van der Waals surface area (Å²) in [5.41, 5.74) is -0.147. The number of amides is 1. The highest BCUT2D eigenvalue weighted by molar-refractivity contribution is 5.76. The first kappa shape index (κ1) is 16.7. The van der Waals surface area contributed by atoms with E-state index in [-0.39, 0.29) is 24.1 Å². The monoisotopic (exact) mass is 307 g/mol. The van der Waals surface area contributed by atoms with E-state index in [1.54, 1.807) is 25.4 Å². The van der Waals surface area contributed by atoms with Gasteiger partial charge in [-0.2, -0.15) is 0 Å². The molecule has 22 heavy (non-hydrogen) atoms. The van der Waals surface area contributed by atoms with E-state index in [1.165, 1.54) is 10.6 Å². The first-order chi connectivity index (χ1) is 10.6. The van der Waals surface area contributed by atoms with Crippen LogP contribution in [-0.4, -0.2) is 66.7 Å². The largest absolute Gasteiger partial charge is 0.383 e. The molecule has 0 atom stereocenters. The van der Waals surface area contributed by atoms with E-state index in [0.717, 1.165) is 25.9 Å². The van der Waals surface area contributed by atoms with Crippen LogP contribution in [0.25, 0.3) is 0 Å². The van der Waals surface area contributed by atoms with Crippen LogP contribution in [0.5, 0.6) is 0 Å². The molecular formula is C16H25N3O3. The van der Waals surface area contributed by atoms with Gasteiger partial charge < -0.3 is 19.1 Å². The fourth-order valence-electron chi connectivity index (χ4n) is 2.84. The van der Waals surface area contributed by atoms with E-state index in [9.17, 15) is 9.59 Å². The summed E-state index contributed by atoms with van der Waals surface area (Å²) in [6.45, 7) is 3.17. The van der Waals surface area contributed by atoms with Gasteiger partial charge >= 0.3 is 0 Å². The number of carbonyl (C=O) groups is 1. The number of methoxy groups -OCH3 is 1. The maximum atomic E-state index is 12.6. The van der Waals surface area contributed by atoms with Crippen LogP contribution in [0.15, 0.2) is 29.2 Å². The Morgan fingerprint density at radius 3 is 2.73 bits per heavy atom. The van der Waals surface area contributed by atoms with Crippen molar-refractivity contribution in [2.45, 2.75) is 25.4 Å². The molecule has 6 heteroatoms. The molecule has 2 rings (SSSR count). The SMILES string of the molecule is COCCN(C(=O)Cn1ccccc1=O)C1CCN(C)CC1. The molecule has 6 nitrogen and oxygen atoms in total. The molecule has 0 aromatic carbocycles. The average Bonchev–Trinajstić information content (AvgIpc) is 2.51. The highest BCUT2D eigenvalue weighted by Crippen LogP contribution is 2.16. The maximum Gasteiger partial charge on any atom is 0.250 e. The van der Waals surface area contributed by atoms with Crippen LogP contribution < -0.4 is 5.56 Å². The minimum absolute atomic E-state index is 0.0140. The Bertz CT molecular complexity index is 535. The van der Waals surface area contributed by atoms with Gasteiger partial charge in [0.2, 0.25) is 5.91 Å². The highest BCUT2D eigenvalue weighted by Gasteiger charge is 2.26. The van der Waals surface area contributed by atoms with Crippen LogP contribution in [0.3, 0.4) is 0 Å². The molecule has 1 aromatic heterocycles. The van der Waals surface area contributed by atoms with Gasteiger partial charge in [-0.25, -0.2) is 0 Å². The van der Waals surface area contributed by atoms with E-state index in [2.05, 4.69) is 11.9 Å². The summed E-state index contributed by atoms with van der Waals surface area (Å²) >= 11 is 0. The minimum Gasteiger partial charge on any atom is -0.383 e. The number of ether oxygens (including phenoxy) is 1. The van der Waals surface area contributed by atoms with E-state index >= 15 is 0 Å². The summed E-state index contributed by atoms with van der Waals surface area (Å²) in [7, 11) is 3.74. The Morgan fingerprint density at radius 2 is 2.09 bits per heavy atom. The molecule has 1 aliphatic rings. The van der Waals surface area contributed by atoms with E-state index in [1.807, 2.05) is 4.90 Å². The zero-order chi connectivity index (χ0) is 15.9. The Hall–Kier alpha value is -1.66. The van der Waals surface area contributed by atoms with Crippen molar-refractivity contribution >= 4 is 5.91 Å². The number of hydrogen-bond acceptors (Lipinski definition) is 4. The predicted octanol–water partition coefficient (Wildman–Crippen LogP) is 0.418. The van der Waals surface area contributed by atoms with Crippen molar-refractivity contribution < 1.29 is 9.53 Å². The number of hydrogen-bond donors (Lipinski definition) is 0. The van der Waals surface area contributed by atoms with Gasteiger partial charge in [0.15, 0.2) is 0 Å². The highest BCUT2D eigenvalue weighted by atomic mass is 16.5. The molecule has 1 amide bonds. The summed E-state index contributed by atoms with van der Waals surface area (Å²) in [6, 6.07) is 5.16. The number of likely N-dealkylation sites (tertiary alicyclic amines) is 1. The van der Waals surface area contributed by atoms with Gasteiger partial charge in [0.1, 0.15) is 6.54 Å². The molecule has 0 N–H and O–H groups in total. The molecule has 0 spiro atoms. The standard InChI is InChI=1S/C16H25N3O3/c1-17-9-6-14(7-10-17)19(11-12-22-2)16(21)13-18-8-4-3-5-15(18)20/h3-5,8,14H,6-7,9-13H2,1-2H3. The second-order valence-electron chi connectivity index (χ2n) is 5.78. The van der Waals surface area contributed by atoms with Crippen molar-refractivity contribution in [2.24, 2.45) is 0 Å².